The SMILES string of the molecule is Cc1nc(CN(C)CCBr)cs1. The number of hydrogen-bond acceptors (Lipinski definition) is 3. The number of halogens is 1. The van der Waals surface area contributed by atoms with Gasteiger partial charge in [0.2, 0.25) is 0 Å². The fourth-order valence-electron chi connectivity index (χ4n) is 0.981. The quantitative estimate of drug-likeness (QED) is 0.761. The summed E-state index contributed by atoms with van der Waals surface area (Å²) in [5.41, 5.74) is 1.18. The lowest BCUT2D eigenvalue weighted by molar-refractivity contribution is 0.345. The largest absolute Gasteiger partial charge is 0.300 e. The van der Waals surface area contributed by atoms with E-state index < -0.39 is 0 Å². The standard InChI is InChI=1S/C8H13BrN2S/c1-7-10-8(6-12-7)5-11(2)4-3-9/h6H,3-5H2,1-2H3. The summed E-state index contributed by atoms with van der Waals surface area (Å²) in [5.74, 6) is 0. The van der Waals surface area contributed by atoms with Crippen LogP contribution in [0.15, 0.2) is 5.38 Å². The van der Waals surface area contributed by atoms with E-state index in [-0.39, 0.29) is 0 Å². The van der Waals surface area contributed by atoms with E-state index in [1.165, 1.54) is 5.69 Å². The van der Waals surface area contributed by atoms with Gasteiger partial charge in [-0.05, 0) is 14.0 Å². The van der Waals surface area contributed by atoms with Gasteiger partial charge < -0.3 is 0 Å². The number of aryl methyl sites for hydroxylation is 1. The molecule has 1 aromatic heterocycles. The van der Waals surface area contributed by atoms with E-state index in [0.717, 1.165) is 23.4 Å². The van der Waals surface area contributed by atoms with Gasteiger partial charge in [0.1, 0.15) is 0 Å². The van der Waals surface area contributed by atoms with Crippen LogP contribution in [0.4, 0.5) is 0 Å². The second kappa shape index (κ2) is 4.94. The number of aromatic nitrogens is 1. The minimum Gasteiger partial charge on any atom is -0.300 e. The molecule has 0 unspecified atom stereocenters. The highest BCUT2D eigenvalue weighted by Gasteiger charge is 2.01. The summed E-state index contributed by atoms with van der Waals surface area (Å²) >= 11 is 5.12. The van der Waals surface area contributed by atoms with Crippen LogP contribution in [-0.4, -0.2) is 28.8 Å². The summed E-state index contributed by atoms with van der Waals surface area (Å²) in [4.78, 5) is 6.65. The lowest BCUT2D eigenvalue weighted by atomic mass is 10.4. The Morgan fingerprint density at radius 1 is 1.67 bits per heavy atom. The zero-order valence-electron chi connectivity index (χ0n) is 7.38. The second-order valence-electron chi connectivity index (χ2n) is 2.78. The lowest BCUT2D eigenvalue weighted by Gasteiger charge is -2.12. The number of hydrogen-bond donors (Lipinski definition) is 0. The highest BCUT2D eigenvalue weighted by atomic mass is 79.9. The average Bonchev–Trinajstić information content (AvgIpc) is 2.36. The van der Waals surface area contributed by atoms with Crippen molar-refractivity contribution in [3.05, 3.63) is 16.1 Å². The van der Waals surface area contributed by atoms with Gasteiger partial charge in [0, 0.05) is 23.8 Å². The van der Waals surface area contributed by atoms with Crippen molar-refractivity contribution in [2.75, 3.05) is 18.9 Å². The first-order chi connectivity index (χ1) is 5.72. The van der Waals surface area contributed by atoms with Gasteiger partial charge in [0.15, 0.2) is 0 Å². The fraction of sp³-hybridized carbons (Fsp3) is 0.625. The van der Waals surface area contributed by atoms with Crippen LogP contribution in [0.1, 0.15) is 10.7 Å². The maximum atomic E-state index is 4.39. The molecule has 0 aromatic carbocycles. The maximum absolute atomic E-state index is 4.39. The first kappa shape index (κ1) is 10.2. The third-order valence-electron chi connectivity index (χ3n) is 1.56. The molecule has 12 heavy (non-hydrogen) atoms. The minimum absolute atomic E-state index is 0.954. The van der Waals surface area contributed by atoms with E-state index in [1.54, 1.807) is 11.3 Å². The Kier molecular flexibility index (Phi) is 4.18. The molecule has 1 aromatic rings. The molecule has 0 aliphatic heterocycles. The van der Waals surface area contributed by atoms with Gasteiger partial charge in [-0.25, -0.2) is 4.98 Å². The Morgan fingerprint density at radius 2 is 2.42 bits per heavy atom. The third kappa shape index (κ3) is 3.21. The molecule has 0 spiro atoms. The molecule has 0 aliphatic rings. The number of thiazole rings is 1. The van der Waals surface area contributed by atoms with Crippen molar-refractivity contribution in [1.29, 1.82) is 0 Å². The molecule has 0 atom stereocenters. The molecule has 2 nitrogen and oxygen atoms in total. The molecule has 0 saturated carbocycles. The monoisotopic (exact) mass is 248 g/mol. The summed E-state index contributed by atoms with van der Waals surface area (Å²) in [6, 6.07) is 0. The fourth-order valence-corrected chi connectivity index (χ4v) is 2.19. The van der Waals surface area contributed by atoms with E-state index in [2.05, 4.69) is 38.2 Å². The predicted octanol–water partition coefficient (Wildman–Crippen LogP) is 2.28. The Labute approximate surface area is 85.7 Å². The Hall–Kier alpha value is 0.0700. The zero-order valence-corrected chi connectivity index (χ0v) is 9.78. The van der Waals surface area contributed by atoms with Crippen molar-refractivity contribution >= 4 is 27.3 Å². The molecule has 0 fully saturated rings. The van der Waals surface area contributed by atoms with Gasteiger partial charge in [0.25, 0.3) is 0 Å². The number of alkyl halides is 1. The third-order valence-corrected chi connectivity index (χ3v) is 2.74. The molecule has 0 bridgehead atoms. The van der Waals surface area contributed by atoms with E-state index >= 15 is 0 Å². The molecule has 0 N–H and O–H groups in total. The summed E-state index contributed by atoms with van der Waals surface area (Å²) in [6.07, 6.45) is 0. The topological polar surface area (TPSA) is 16.1 Å². The second-order valence-corrected chi connectivity index (χ2v) is 4.64. The van der Waals surface area contributed by atoms with Crippen molar-refractivity contribution in [3.8, 4) is 0 Å². The Morgan fingerprint density at radius 3 is 2.92 bits per heavy atom. The van der Waals surface area contributed by atoms with Crippen molar-refractivity contribution < 1.29 is 0 Å². The summed E-state index contributed by atoms with van der Waals surface area (Å²) in [6.45, 7) is 4.06. The predicted molar refractivity (Wildman–Crippen MR) is 57.0 cm³/mol. The Bertz CT molecular complexity index is 237. The average molecular weight is 249 g/mol. The van der Waals surface area contributed by atoms with Gasteiger partial charge in [-0.1, -0.05) is 15.9 Å². The lowest BCUT2D eigenvalue weighted by Crippen LogP contribution is -2.20. The smallest absolute Gasteiger partial charge is 0.0897 e. The van der Waals surface area contributed by atoms with Crippen molar-refractivity contribution in [1.82, 2.24) is 9.88 Å². The Balaban J connectivity index is 2.41. The van der Waals surface area contributed by atoms with Crippen molar-refractivity contribution in [3.63, 3.8) is 0 Å². The summed E-state index contributed by atoms with van der Waals surface area (Å²) in [5, 5.41) is 4.30. The molecule has 1 heterocycles. The molecule has 0 saturated heterocycles. The molecule has 0 amide bonds. The van der Waals surface area contributed by atoms with Crippen LogP contribution in [0.2, 0.25) is 0 Å². The first-order valence-corrected chi connectivity index (χ1v) is 5.88. The van der Waals surface area contributed by atoms with Gasteiger partial charge in [0.05, 0.1) is 10.7 Å². The van der Waals surface area contributed by atoms with Crippen LogP contribution in [0.3, 0.4) is 0 Å². The van der Waals surface area contributed by atoms with E-state index in [4.69, 9.17) is 0 Å². The summed E-state index contributed by atoms with van der Waals surface area (Å²) in [7, 11) is 2.11. The highest BCUT2D eigenvalue weighted by molar-refractivity contribution is 9.09. The number of rotatable bonds is 4. The first-order valence-electron chi connectivity index (χ1n) is 3.88. The van der Waals surface area contributed by atoms with Gasteiger partial charge in [-0.15, -0.1) is 11.3 Å². The highest BCUT2D eigenvalue weighted by Crippen LogP contribution is 2.09. The van der Waals surface area contributed by atoms with Gasteiger partial charge in [-0.3, -0.25) is 4.90 Å². The molecule has 0 radical (unpaired) electrons. The normalized spacial score (nSPS) is 11.0. The number of nitrogens with zero attached hydrogens (tertiary/aromatic N) is 2. The molecule has 0 aliphatic carbocycles. The zero-order chi connectivity index (χ0) is 8.97. The van der Waals surface area contributed by atoms with E-state index in [1.807, 2.05) is 6.92 Å². The van der Waals surface area contributed by atoms with Crippen LogP contribution in [0, 0.1) is 6.92 Å². The molecule has 1 rings (SSSR count). The minimum atomic E-state index is 0.954. The molecule has 68 valence electrons. The summed E-state index contributed by atoms with van der Waals surface area (Å²) < 4.78 is 0. The van der Waals surface area contributed by atoms with Crippen molar-refractivity contribution in [2.24, 2.45) is 0 Å². The van der Waals surface area contributed by atoms with Crippen LogP contribution in [-0.2, 0) is 6.54 Å². The van der Waals surface area contributed by atoms with E-state index in [0.29, 0.717) is 0 Å². The van der Waals surface area contributed by atoms with Gasteiger partial charge in [-0.2, -0.15) is 0 Å². The van der Waals surface area contributed by atoms with Crippen LogP contribution >= 0.6 is 27.3 Å². The van der Waals surface area contributed by atoms with Gasteiger partial charge >= 0.3 is 0 Å². The maximum Gasteiger partial charge on any atom is 0.0897 e. The van der Waals surface area contributed by atoms with Crippen LogP contribution in [0.5, 0.6) is 0 Å². The molecular formula is C8H13BrN2S. The molecule has 4 heteroatoms. The molecular weight excluding hydrogens is 236 g/mol. The van der Waals surface area contributed by atoms with Crippen molar-refractivity contribution in [2.45, 2.75) is 13.5 Å². The van der Waals surface area contributed by atoms with Crippen LogP contribution in [0.25, 0.3) is 0 Å². The van der Waals surface area contributed by atoms with Crippen LogP contribution < -0.4 is 0 Å². The van der Waals surface area contributed by atoms with E-state index in [9.17, 15) is 0 Å².